The van der Waals surface area contributed by atoms with Gasteiger partial charge >= 0.3 is 0 Å². The molecule has 2 aromatic heterocycles. The number of unbranched alkanes of at least 4 members (excludes halogenated alkanes) is 4. The van der Waals surface area contributed by atoms with Crippen LogP contribution in [0.2, 0.25) is 0 Å². The Morgan fingerprint density at radius 1 is 0.605 bits per heavy atom. The van der Waals surface area contributed by atoms with Crippen molar-refractivity contribution in [1.29, 1.82) is 0 Å². The summed E-state index contributed by atoms with van der Waals surface area (Å²) in [7, 11) is 0. The number of aromatic nitrogens is 2. The van der Waals surface area contributed by atoms with E-state index < -0.39 is 0 Å². The van der Waals surface area contributed by atoms with Crippen LogP contribution in [0.15, 0.2) is 73.3 Å². The predicted molar refractivity (Wildman–Crippen MR) is 149 cm³/mol. The maximum atomic E-state index is 3.35. The largest absolute Gasteiger partial charge is 1.00 e. The fraction of sp³-hybridized carbons (Fsp3) is 0.412. The molecular weight excluding hydrogens is 596 g/mol. The third-order valence-corrected chi connectivity index (χ3v) is 6.24. The molecule has 202 valence electrons. The van der Waals surface area contributed by atoms with E-state index in [1.54, 1.807) is 0 Å². The number of pyridine rings is 2. The summed E-state index contributed by atoms with van der Waals surface area (Å²) in [6.45, 7) is 6.52. The summed E-state index contributed by atoms with van der Waals surface area (Å²) in [6, 6.07) is 17.1. The van der Waals surface area contributed by atoms with E-state index in [1.165, 1.54) is 49.7 Å². The highest BCUT2D eigenvalue weighted by molar-refractivity contribution is 5.43. The van der Waals surface area contributed by atoms with E-state index in [4.69, 9.17) is 0 Å². The molecule has 38 heavy (non-hydrogen) atoms. The number of hydrogen-bond donors (Lipinski definition) is 0. The van der Waals surface area contributed by atoms with E-state index in [0.717, 1.165) is 49.9 Å². The monoisotopic (exact) mass is 636 g/mol. The Morgan fingerprint density at radius 3 is 1.53 bits per heavy atom. The highest BCUT2D eigenvalue weighted by Crippen LogP contribution is 2.05. The van der Waals surface area contributed by atoms with Crippen LogP contribution in [0, 0.1) is 23.7 Å². The number of nitrogens with zero attached hydrogens (tertiary/aromatic N) is 2. The summed E-state index contributed by atoms with van der Waals surface area (Å²) in [4.78, 5) is 0. The minimum atomic E-state index is 0. The third-order valence-electron chi connectivity index (χ3n) is 6.24. The Kier molecular flexibility index (Phi) is 18.2. The average Bonchev–Trinajstić information content (AvgIpc) is 2.91. The summed E-state index contributed by atoms with van der Waals surface area (Å²) in [5.41, 5.74) is 4.96. The van der Waals surface area contributed by atoms with Crippen LogP contribution in [0.25, 0.3) is 0 Å². The molecule has 0 bridgehead atoms. The van der Waals surface area contributed by atoms with E-state index in [9.17, 15) is 0 Å². The van der Waals surface area contributed by atoms with E-state index in [-0.39, 0.29) is 34.0 Å². The van der Waals surface area contributed by atoms with Gasteiger partial charge in [-0.15, -0.1) is 0 Å². The van der Waals surface area contributed by atoms with Crippen molar-refractivity contribution in [3.63, 3.8) is 0 Å². The van der Waals surface area contributed by atoms with Crippen LogP contribution in [0.3, 0.4) is 0 Å². The first-order valence-corrected chi connectivity index (χ1v) is 13.8. The zero-order chi connectivity index (χ0) is 25.3. The smallest absolute Gasteiger partial charge is 0.171 e. The maximum Gasteiger partial charge on any atom is 0.171 e. The van der Waals surface area contributed by atoms with Gasteiger partial charge in [0, 0.05) is 60.1 Å². The van der Waals surface area contributed by atoms with E-state index in [1.807, 2.05) is 0 Å². The Balaban J connectivity index is 0.00000361. The number of aryl methyl sites for hydroxylation is 4. The van der Waals surface area contributed by atoms with Crippen LogP contribution in [0.1, 0.15) is 87.5 Å². The van der Waals surface area contributed by atoms with Crippen molar-refractivity contribution < 1.29 is 43.1 Å². The Hall–Kier alpha value is -2.40. The van der Waals surface area contributed by atoms with Gasteiger partial charge in [-0.1, -0.05) is 56.4 Å². The summed E-state index contributed by atoms with van der Waals surface area (Å²) in [6.07, 6.45) is 20.2. The third kappa shape index (κ3) is 13.4. The molecule has 0 unspecified atom stereocenters. The highest BCUT2D eigenvalue weighted by Gasteiger charge is 2.03. The van der Waals surface area contributed by atoms with Crippen molar-refractivity contribution in [1.82, 2.24) is 0 Å². The van der Waals surface area contributed by atoms with Crippen LogP contribution in [0.4, 0.5) is 0 Å². The van der Waals surface area contributed by atoms with Crippen LogP contribution in [0.5, 0.6) is 0 Å². The van der Waals surface area contributed by atoms with Crippen LogP contribution in [-0.2, 0) is 25.9 Å². The number of rotatable bonds is 12. The zero-order valence-electron chi connectivity index (χ0n) is 23.1. The van der Waals surface area contributed by atoms with Gasteiger partial charge < -0.3 is 34.0 Å². The molecule has 0 aliphatic rings. The van der Waals surface area contributed by atoms with Crippen molar-refractivity contribution in [2.75, 3.05) is 0 Å². The van der Waals surface area contributed by atoms with Gasteiger partial charge in [0.1, 0.15) is 13.1 Å². The van der Waals surface area contributed by atoms with Crippen LogP contribution < -0.4 is 43.1 Å². The van der Waals surface area contributed by atoms with Crippen molar-refractivity contribution in [3.05, 3.63) is 95.6 Å². The van der Waals surface area contributed by atoms with Crippen molar-refractivity contribution in [3.8, 4) is 23.7 Å². The summed E-state index contributed by atoms with van der Waals surface area (Å²) in [5, 5.41) is 0. The summed E-state index contributed by atoms with van der Waals surface area (Å²) in [5.74, 6) is 13.3. The second kappa shape index (κ2) is 20.5. The minimum Gasteiger partial charge on any atom is -1.00 e. The number of hydrogen-bond acceptors (Lipinski definition) is 0. The Bertz CT molecular complexity index is 1110. The predicted octanol–water partition coefficient (Wildman–Crippen LogP) is 0.619. The molecule has 0 radical (unpaired) electrons. The van der Waals surface area contributed by atoms with Crippen molar-refractivity contribution in [2.45, 2.75) is 91.1 Å². The lowest BCUT2D eigenvalue weighted by atomic mass is 10.1. The molecule has 0 saturated heterocycles. The van der Waals surface area contributed by atoms with Crippen molar-refractivity contribution in [2.24, 2.45) is 0 Å². The first kappa shape index (κ1) is 33.6. The molecule has 2 nitrogen and oxygen atoms in total. The number of halogens is 2. The lowest BCUT2D eigenvalue weighted by Gasteiger charge is -1.99. The Morgan fingerprint density at radius 2 is 1.08 bits per heavy atom. The van der Waals surface area contributed by atoms with Gasteiger partial charge in [0.2, 0.25) is 0 Å². The molecule has 0 amide bonds. The molecule has 4 heteroatoms. The molecule has 0 N–H and O–H groups in total. The van der Waals surface area contributed by atoms with Gasteiger partial charge in [-0.25, -0.2) is 9.13 Å². The van der Waals surface area contributed by atoms with Gasteiger partial charge in [-0.2, -0.15) is 0 Å². The summed E-state index contributed by atoms with van der Waals surface area (Å²) < 4.78 is 4.59. The summed E-state index contributed by atoms with van der Waals surface area (Å²) >= 11 is 0. The molecule has 0 aliphatic carbocycles. The molecule has 3 aromatic rings. The van der Waals surface area contributed by atoms with Gasteiger partial charge in [0.25, 0.3) is 0 Å². The van der Waals surface area contributed by atoms with Gasteiger partial charge in [-0.05, 0) is 56.0 Å². The highest BCUT2D eigenvalue weighted by atomic mass is 79.9. The quantitative estimate of drug-likeness (QED) is 0.156. The normalized spacial score (nSPS) is 9.74. The number of benzene rings is 1. The minimum absolute atomic E-state index is 0. The van der Waals surface area contributed by atoms with Crippen LogP contribution >= 0.6 is 0 Å². The molecule has 3 rings (SSSR count). The molecule has 0 saturated carbocycles. The molecule has 0 aliphatic heterocycles. The average molecular weight is 639 g/mol. The SMILES string of the molecule is CCCCc1ccc[n+](CCCC#Cc2cccc(C#CCCC[n+]3cccc(CCCC)c3)c2)c1.[Br-].[Br-]. The zero-order valence-corrected chi connectivity index (χ0v) is 26.2. The maximum absolute atomic E-state index is 3.35. The fourth-order valence-electron chi connectivity index (χ4n) is 4.19. The lowest BCUT2D eigenvalue weighted by molar-refractivity contribution is -0.697. The standard InChI is InChI=1S/C34H42N2.2BrH/c1-3-5-16-33-22-14-26-35(29-33)24-11-7-9-18-31-20-13-21-32(28-31)19-10-8-12-25-36-27-15-23-34(30-36)17-6-4-2;;/h13-15,20-23,26-30H,3-8,11-12,16-17,24-25H2,1-2H3;2*1H/q+2;;/p-2. The molecular formula is C34H42Br2N2. The molecule has 0 atom stereocenters. The molecule has 1 aromatic carbocycles. The van der Waals surface area contributed by atoms with E-state index >= 15 is 0 Å². The lowest BCUT2D eigenvalue weighted by Crippen LogP contribution is -3.00. The molecule has 2 heterocycles. The molecule has 0 fully saturated rings. The first-order chi connectivity index (χ1) is 17.8. The van der Waals surface area contributed by atoms with E-state index in [2.05, 4.69) is 120 Å². The second-order valence-corrected chi connectivity index (χ2v) is 9.50. The van der Waals surface area contributed by atoms with E-state index in [0.29, 0.717) is 0 Å². The van der Waals surface area contributed by atoms with Gasteiger partial charge in [-0.3, -0.25) is 0 Å². The van der Waals surface area contributed by atoms with Crippen LogP contribution in [-0.4, -0.2) is 0 Å². The Labute approximate surface area is 252 Å². The second-order valence-electron chi connectivity index (χ2n) is 9.50. The fourth-order valence-corrected chi connectivity index (χ4v) is 4.19. The topological polar surface area (TPSA) is 7.76 Å². The first-order valence-electron chi connectivity index (χ1n) is 13.8. The molecule has 0 spiro atoms. The van der Waals surface area contributed by atoms with Crippen molar-refractivity contribution >= 4 is 0 Å². The van der Waals surface area contributed by atoms with Gasteiger partial charge in [0.15, 0.2) is 24.8 Å². The van der Waals surface area contributed by atoms with Gasteiger partial charge in [0.05, 0.1) is 0 Å².